The zero-order valence-corrected chi connectivity index (χ0v) is 12.8. The molecule has 2 aromatic carbocycles. The first kappa shape index (κ1) is 14.9. The van der Waals surface area contributed by atoms with Gasteiger partial charge in [-0.2, -0.15) is 0 Å². The molecule has 0 saturated heterocycles. The largest absolute Gasteiger partial charge is 0.465 e. The molecule has 0 N–H and O–H groups in total. The molecular weight excluding hydrogens is 248 g/mol. The van der Waals surface area contributed by atoms with Crippen molar-refractivity contribution in [2.45, 2.75) is 46.3 Å². The van der Waals surface area contributed by atoms with Crippen molar-refractivity contribution in [2.24, 2.45) is 0 Å². The minimum absolute atomic E-state index is 0.211. The van der Waals surface area contributed by atoms with Gasteiger partial charge in [-0.1, -0.05) is 38.1 Å². The van der Waals surface area contributed by atoms with Gasteiger partial charge in [0.05, 0.1) is 0 Å². The van der Waals surface area contributed by atoms with Crippen molar-refractivity contribution in [1.82, 2.24) is 0 Å². The zero-order valence-electron chi connectivity index (χ0n) is 12.8. The Balaban J connectivity index is 2.22. The fourth-order valence-corrected chi connectivity index (χ4v) is 2.32. The third-order valence-electron chi connectivity index (χ3n) is 3.72. The summed E-state index contributed by atoms with van der Waals surface area (Å²) in [6.07, 6.45) is 0.954. The van der Waals surface area contributed by atoms with Gasteiger partial charge >= 0.3 is 0 Å². The van der Waals surface area contributed by atoms with Crippen LogP contribution >= 0.6 is 0 Å². The maximum Gasteiger partial charge on any atom is 0.196 e. The van der Waals surface area contributed by atoms with Crippen LogP contribution in [-0.4, -0.2) is 12.9 Å². The molecule has 0 spiro atoms. The highest BCUT2D eigenvalue weighted by Gasteiger charge is 2.06. The van der Waals surface area contributed by atoms with Crippen molar-refractivity contribution >= 4 is 10.8 Å². The van der Waals surface area contributed by atoms with Gasteiger partial charge in [-0.15, -0.1) is 0 Å². The lowest BCUT2D eigenvalue weighted by Gasteiger charge is -2.15. The van der Waals surface area contributed by atoms with Crippen LogP contribution < -0.4 is 4.74 Å². The summed E-state index contributed by atoms with van der Waals surface area (Å²) in [6, 6.07) is 12.9. The Hall–Kier alpha value is -1.54. The van der Waals surface area contributed by atoms with Crippen LogP contribution in [0, 0.1) is 0 Å². The maximum atomic E-state index is 5.74. The average Bonchev–Trinajstić information content (AvgIpc) is 2.46. The van der Waals surface area contributed by atoms with E-state index in [4.69, 9.17) is 9.47 Å². The van der Waals surface area contributed by atoms with Gasteiger partial charge in [0.1, 0.15) is 5.75 Å². The molecule has 0 amide bonds. The molecular formula is C18H24O2. The van der Waals surface area contributed by atoms with Gasteiger partial charge in [0.15, 0.2) is 6.29 Å². The molecule has 0 heterocycles. The Morgan fingerprint density at radius 1 is 0.950 bits per heavy atom. The summed E-state index contributed by atoms with van der Waals surface area (Å²) in [6.45, 7) is 9.03. The highest BCUT2D eigenvalue weighted by Crippen LogP contribution is 2.26. The fraction of sp³-hybridized carbons (Fsp3) is 0.444. The number of rotatable bonds is 6. The van der Waals surface area contributed by atoms with E-state index >= 15 is 0 Å². The maximum absolute atomic E-state index is 5.74. The lowest BCUT2D eigenvalue weighted by Crippen LogP contribution is -2.15. The predicted octanol–water partition coefficient (Wildman–Crippen LogP) is 5.11. The first-order chi connectivity index (χ1) is 9.63. The van der Waals surface area contributed by atoms with Gasteiger partial charge in [-0.05, 0) is 54.7 Å². The minimum atomic E-state index is -0.211. The molecule has 2 rings (SSSR count). The Morgan fingerprint density at radius 2 is 1.65 bits per heavy atom. The van der Waals surface area contributed by atoms with E-state index in [2.05, 4.69) is 44.2 Å². The minimum Gasteiger partial charge on any atom is -0.465 e. The summed E-state index contributed by atoms with van der Waals surface area (Å²) in [7, 11) is 0. The second kappa shape index (κ2) is 6.76. The van der Waals surface area contributed by atoms with Gasteiger partial charge in [0.2, 0.25) is 0 Å². The van der Waals surface area contributed by atoms with Crippen molar-refractivity contribution in [3.63, 3.8) is 0 Å². The lowest BCUT2D eigenvalue weighted by molar-refractivity contribution is -0.0612. The first-order valence-electron chi connectivity index (χ1n) is 7.46. The van der Waals surface area contributed by atoms with Gasteiger partial charge < -0.3 is 9.47 Å². The second-order valence-corrected chi connectivity index (χ2v) is 5.22. The predicted molar refractivity (Wildman–Crippen MR) is 84.4 cm³/mol. The number of benzene rings is 2. The van der Waals surface area contributed by atoms with Gasteiger partial charge in [0.25, 0.3) is 0 Å². The third-order valence-corrected chi connectivity index (χ3v) is 3.72. The van der Waals surface area contributed by atoms with Gasteiger partial charge in [-0.3, -0.25) is 0 Å². The average molecular weight is 272 g/mol. The summed E-state index contributed by atoms with van der Waals surface area (Å²) in [5, 5.41) is 2.47. The van der Waals surface area contributed by atoms with E-state index in [0.717, 1.165) is 5.75 Å². The molecule has 0 aromatic heterocycles. The van der Waals surface area contributed by atoms with Crippen LogP contribution in [0.25, 0.3) is 10.8 Å². The van der Waals surface area contributed by atoms with Crippen LogP contribution in [0.4, 0.5) is 0 Å². The molecule has 108 valence electrons. The molecule has 0 saturated carbocycles. The summed E-state index contributed by atoms with van der Waals surface area (Å²) in [4.78, 5) is 0. The van der Waals surface area contributed by atoms with Crippen molar-refractivity contribution in [3.8, 4) is 5.75 Å². The molecule has 2 atom stereocenters. The van der Waals surface area contributed by atoms with Gasteiger partial charge in [0, 0.05) is 6.61 Å². The van der Waals surface area contributed by atoms with Crippen LogP contribution in [0.15, 0.2) is 36.4 Å². The molecule has 0 aliphatic heterocycles. The Morgan fingerprint density at radius 3 is 2.35 bits per heavy atom. The van der Waals surface area contributed by atoms with Crippen molar-refractivity contribution in [2.75, 3.05) is 6.61 Å². The van der Waals surface area contributed by atoms with E-state index in [-0.39, 0.29) is 6.29 Å². The summed E-state index contributed by atoms with van der Waals surface area (Å²) < 4.78 is 11.1. The van der Waals surface area contributed by atoms with Crippen molar-refractivity contribution in [1.29, 1.82) is 0 Å². The normalized spacial score (nSPS) is 14.2. The highest BCUT2D eigenvalue weighted by atomic mass is 16.7. The molecule has 0 radical (unpaired) electrons. The third kappa shape index (κ3) is 3.51. The van der Waals surface area contributed by atoms with Crippen molar-refractivity contribution in [3.05, 3.63) is 42.0 Å². The molecule has 0 bridgehead atoms. The molecule has 0 aliphatic carbocycles. The summed E-state index contributed by atoms with van der Waals surface area (Å²) in [5.74, 6) is 1.46. The molecule has 0 fully saturated rings. The monoisotopic (exact) mass is 272 g/mol. The molecule has 2 aromatic rings. The SMILES string of the molecule is CCOC(C)Oc1ccc2cc(C(C)CC)ccc2c1. The molecule has 2 nitrogen and oxygen atoms in total. The van der Waals surface area contributed by atoms with Gasteiger partial charge in [-0.25, -0.2) is 0 Å². The first-order valence-corrected chi connectivity index (χ1v) is 7.46. The number of hydrogen-bond donors (Lipinski definition) is 0. The molecule has 20 heavy (non-hydrogen) atoms. The summed E-state index contributed by atoms with van der Waals surface area (Å²) >= 11 is 0. The molecule has 2 unspecified atom stereocenters. The van der Waals surface area contributed by atoms with E-state index in [1.807, 2.05) is 19.9 Å². The Bertz CT molecular complexity index is 562. The van der Waals surface area contributed by atoms with E-state index in [0.29, 0.717) is 12.5 Å². The lowest BCUT2D eigenvalue weighted by atomic mass is 9.96. The van der Waals surface area contributed by atoms with Crippen LogP contribution in [-0.2, 0) is 4.74 Å². The Kier molecular flexibility index (Phi) is 5.02. The van der Waals surface area contributed by atoms with E-state index in [1.165, 1.54) is 22.8 Å². The Labute approximate surface area is 121 Å². The van der Waals surface area contributed by atoms with E-state index in [1.54, 1.807) is 0 Å². The number of fused-ring (bicyclic) bond motifs is 1. The summed E-state index contributed by atoms with van der Waals surface area (Å²) in [5.41, 5.74) is 1.40. The topological polar surface area (TPSA) is 18.5 Å². The van der Waals surface area contributed by atoms with E-state index in [9.17, 15) is 0 Å². The van der Waals surface area contributed by atoms with Crippen molar-refractivity contribution < 1.29 is 9.47 Å². The zero-order chi connectivity index (χ0) is 14.5. The van der Waals surface area contributed by atoms with Crippen LogP contribution in [0.3, 0.4) is 0 Å². The standard InChI is InChI=1S/C18H24O2/c1-5-13(3)15-7-8-17-12-18(10-9-16(17)11-15)20-14(4)19-6-2/h7-14H,5-6H2,1-4H3. The van der Waals surface area contributed by atoms with Crippen LogP contribution in [0.1, 0.15) is 45.6 Å². The fourth-order valence-electron chi connectivity index (χ4n) is 2.32. The smallest absolute Gasteiger partial charge is 0.196 e. The van der Waals surface area contributed by atoms with E-state index < -0.39 is 0 Å². The van der Waals surface area contributed by atoms with Crippen LogP contribution in [0.2, 0.25) is 0 Å². The molecule has 0 aliphatic rings. The quantitative estimate of drug-likeness (QED) is 0.680. The van der Waals surface area contributed by atoms with Crippen LogP contribution in [0.5, 0.6) is 5.75 Å². The molecule has 2 heteroatoms. The number of hydrogen-bond acceptors (Lipinski definition) is 2. The highest BCUT2D eigenvalue weighted by molar-refractivity contribution is 5.84. The second-order valence-electron chi connectivity index (χ2n) is 5.22. The number of ether oxygens (including phenoxy) is 2.